The molecule has 0 spiro atoms. The number of benzene rings is 1. The number of hydrogen-bond acceptors (Lipinski definition) is 5. The Morgan fingerprint density at radius 2 is 1.89 bits per heavy atom. The van der Waals surface area contributed by atoms with Crippen molar-refractivity contribution < 1.29 is 4.79 Å². The number of aromatic nitrogens is 2. The highest BCUT2D eigenvalue weighted by molar-refractivity contribution is 5.88. The quantitative estimate of drug-likeness (QED) is 0.724. The van der Waals surface area contributed by atoms with Crippen molar-refractivity contribution in [3.8, 4) is 6.07 Å². The third-order valence-electron chi connectivity index (χ3n) is 4.98. The summed E-state index contributed by atoms with van der Waals surface area (Å²) in [5, 5.41) is 12.6. The highest BCUT2D eigenvalue weighted by Gasteiger charge is 2.29. The Hall–Kier alpha value is -2.68. The number of nitrogens with one attached hydrogen (secondary N) is 1. The largest absolute Gasteiger partial charge is 0.355 e. The first-order valence-electron chi connectivity index (χ1n) is 9.93. The molecule has 1 fully saturated rings. The summed E-state index contributed by atoms with van der Waals surface area (Å²) in [5.41, 5.74) is 1.98. The zero-order chi connectivity index (χ0) is 19.1. The average Bonchev–Trinajstić information content (AvgIpc) is 3.22. The van der Waals surface area contributed by atoms with Crippen LogP contribution >= 0.6 is 0 Å². The van der Waals surface area contributed by atoms with E-state index >= 15 is 0 Å². The average molecular weight is 365 g/mol. The monoisotopic (exact) mass is 365 g/mol. The van der Waals surface area contributed by atoms with Crippen molar-refractivity contribution in [3.63, 3.8) is 0 Å². The van der Waals surface area contributed by atoms with Crippen LogP contribution in [0.3, 0.4) is 0 Å². The topological polar surface area (TPSA) is 81.9 Å². The van der Waals surface area contributed by atoms with Crippen LogP contribution < -0.4 is 10.2 Å². The molecule has 0 unspecified atom stereocenters. The van der Waals surface area contributed by atoms with Crippen LogP contribution in [-0.4, -0.2) is 35.5 Å². The lowest BCUT2D eigenvalue weighted by atomic mass is 10.0. The van der Waals surface area contributed by atoms with Gasteiger partial charge in [0.2, 0.25) is 5.91 Å². The molecule has 3 rings (SSSR count). The summed E-state index contributed by atoms with van der Waals surface area (Å²) >= 11 is 0. The second-order valence-electron chi connectivity index (χ2n) is 7.03. The van der Waals surface area contributed by atoms with Crippen LogP contribution in [-0.2, 0) is 4.79 Å². The van der Waals surface area contributed by atoms with E-state index in [2.05, 4.69) is 28.2 Å². The second kappa shape index (κ2) is 9.31. The van der Waals surface area contributed by atoms with Gasteiger partial charge in [-0.3, -0.25) is 4.79 Å². The van der Waals surface area contributed by atoms with Gasteiger partial charge in [0.25, 0.3) is 0 Å². The van der Waals surface area contributed by atoms with Gasteiger partial charge in [-0.15, -0.1) is 0 Å². The van der Waals surface area contributed by atoms with E-state index in [1.165, 1.54) is 0 Å². The van der Waals surface area contributed by atoms with E-state index in [0.717, 1.165) is 57.1 Å². The molecule has 1 aromatic heterocycles. The van der Waals surface area contributed by atoms with Crippen molar-refractivity contribution in [3.05, 3.63) is 30.0 Å². The molecule has 0 aliphatic carbocycles. The van der Waals surface area contributed by atoms with Gasteiger partial charge in [-0.1, -0.05) is 38.3 Å². The molecule has 1 aliphatic heterocycles. The van der Waals surface area contributed by atoms with Gasteiger partial charge < -0.3 is 10.2 Å². The van der Waals surface area contributed by atoms with Crippen LogP contribution in [0.4, 0.5) is 5.82 Å². The van der Waals surface area contributed by atoms with Gasteiger partial charge in [-0.25, -0.2) is 9.97 Å². The van der Waals surface area contributed by atoms with Crippen molar-refractivity contribution in [1.82, 2.24) is 15.3 Å². The number of para-hydroxylation sites is 2. The number of rotatable bonds is 8. The van der Waals surface area contributed by atoms with Crippen molar-refractivity contribution in [2.45, 2.75) is 51.4 Å². The van der Waals surface area contributed by atoms with E-state index in [1.54, 1.807) is 0 Å². The van der Waals surface area contributed by atoms with E-state index in [0.29, 0.717) is 23.6 Å². The molecule has 0 saturated carbocycles. The minimum Gasteiger partial charge on any atom is -0.355 e. The maximum atomic E-state index is 12.7. The van der Waals surface area contributed by atoms with Crippen LogP contribution in [0.15, 0.2) is 24.3 Å². The summed E-state index contributed by atoms with van der Waals surface area (Å²) < 4.78 is 0. The predicted molar refractivity (Wildman–Crippen MR) is 106 cm³/mol. The summed E-state index contributed by atoms with van der Waals surface area (Å²) in [6, 6.07) is 9.77. The van der Waals surface area contributed by atoms with Crippen molar-refractivity contribution >= 4 is 22.8 Å². The molecule has 0 bridgehead atoms. The second-order valence-corrected chi connectivity index (χ2v) is 7.03. The van der Waals surface area contributed by atoms with Gasteiger partial charge >= 0.3 is 0 Å². The predicted octanol–water partition coefficient (Wildman–Crippen LogP) is 3.53. The van der Waals surface area contributed by atoms with E-state index in [1.807, 2.05) is 24.3 Å². The standard InChI is InChI=1S/C21H27N5O/c1-2-3-4-7-12-23-21(27)16(15-22)19-20(26-13-8-9-14-26)25-18-11-6-5-10-17(18)24-19/h5-6,10-11,16H,2-4,7-9,12-14H2,1H3,(H,23,27)/t16-/m1/s1. The van der Waals surface area contributed by atoms with Crippen LogP contribution in [0.5, 0.6) is 0 Å². The van der Waals surface area contributed by atoms with Crippen LogP contribution in [0.25, 0.3) is 11.0 Å². The molecule has 1 N–H and O–H groups in total. The van der Waals surface area contributed by atoms with Gasteiger partial charge in [0.05, 0.1) is 17.1 Å². The van der Waals surface area contributed by atoms with Crippen molar-refractivity contribution in [1.29, 1.82) is 5.26 Å². The van der Waals surface area contributed by atoms with Crippen molar-refractivity contribution in [2.75, 3.05) is 24.5 Å². The summed E-state index contributed by atoms with van der Waals surface area (Å²) in [6.45, 7) is 4.52. The third-order valence-corrected chi connectivity index (χ3v) is 4.98. The lowest BCUT2D eigenvalue weighted by molar-refractivity contribution is -0.121. The lowest BCUT2D eigenvalue weighted by Crippen LogP contribution is -2.32. The lowest BCUT2D eigenvalue weighted by Gasteiger charge is -2.21. The fourth-order valence-corrected chi connectivity index (χ4v) is 3.47. The van der Waals surface area contributed by atoms with Gasteiger partial charge in [0.1, 0.15) is 5.69 Å². The first-order valence-corrected chi connectivity index (χ1v) is 9.93. The molecule has 6 heteroatoms. The SMILES string of the molecule is CCCCCCNC(=O)[C@H](C#N)c1nc2ccccc2nc1N1CCCC1. The summed E-state index contributed by atoms with van der Waals surface area (Å²) in [4.78, 5) is 24.3. The highest BCUT2D eigenvalue weighted by Crippen LogP contribution is 2.29. The number of fused-ring (bicyclic) bond motifs is 1. The van der Waals surface area contributed by atoms with Gasteiger partial charge in [-0.05, 0) is 31.4 Å². The first-order chi connectivity index (χ1) is 13.2. The number of carbonyl (C=O) groups excluding carboxylic acids is 1. The fraction of sp³-hybridized carbons (Fsp3) is 0.524. The zero-order valence-electron chi connectivity index (χ0n) is 15.9. The van der Waals surface area contributed by atoms with Gasteiger partial charge in [0.15, 0.2) is 11.7 Å². The summed E-state index contributed by atoms with van der Waals surface area (Å²) in [5.74, 6) is -0.540. The van der Waals surface area contributed by atoms with Crippen LogP contribution in [0, 0.1) is 11.3 Å². The van der Waals surface area contributed by atoms with Crippen LogP contribution in [0.2, 0.25) is 0 Å². The Morgan fingerprint density at radius 1 is 1.19 bits per heavy atom. The normalized spacial score (nSPS) is 14.9. The highest BCUT2D eigenvalue weighted by atomic mass is 16.1. The maximum absolute atomic E-state index is 12.7. The molecule has 1 amide bonds. The smallest absolute Gasteiger partial charge is 0.243 e. The molecule has 2 heterocycles. The molecule has 6 nitrogen and oxygen atoms in total. The molecule has 1 aliphatic rings. The number of unbranched alkanes of at least 4 members (excludes halogenated alkanes) is 3. The molecular weight excluding hydrogens is 338 g/mol. The molecular formula is C21H27N5O. The minimum absolute atomic E-state index is 0.279. The Kier molecular flexibility index (Phi) is 6.59. The Bertz CT molecular complexity index is 823. The Morgan fingerprint density at radius 3 is 2.56 bits per heavy atom. The molecule has 27 heavy (non-hydrogen) atoms. The number of anilines is 1. The molecule has 1 aromatic carbocycles. The summed E-state index contributed by atoms with van der Waals surface area (Å²) in [6.07, 6.45) is 6.51. The number of hydrogen-bond donors (Lipinski definition) is 1. The number of nitriles is 1. The molecule has 0 radical (unpaired) electrons. The molecule has 1 atom stereocenters. The van der Waals surface area contributed by atoms with Crippen molar-refractivity contribution in [2.24, 2.45) is 0 Å². The maximum Gasteiger partial charge on any atom is 0.243 e. The van der Waals surface area contributed by atoms with E-state index in [4.69, 9.17) is 4.98 Å². The Labute approximate surface area is 160 Å². The number of amides is 1. The molecule has 142 valence electrons. The molecule has 2 aromatic rings. The number of nitrogens with zero attached hydrogens (tertiary/aromatic N) is 4. The molecule has 1 saturated heterocycles. The fourth-order valence-electron chi connectivity index (χ4n) is 3.47. The first kappa shape index (κ1) is 19.1. The summed E-state index contributed by atoms with van der Waals surface area (Å²) in [7, 11) is 0. The van der Waals surface area contributed by atoms with E-state index in [9.17, 15) is 10.1 Å². The zero-order valence-corrected chi connectivity index (χ0v) is 15.9. The van der Waals surface area contributed by atoms with E-state index < -0.39 is 5.92 Å². The number of carbonyl (C=O) groups is 1. The van der Waals surface area contributed by atoms with Gasteiger partial charge in [-0.2, -0.15) is 5.26 Å². The van der Waals surface area contributed by atoms with Crippen LogP contribution in [0.1, 0.15) is 57.1 Å². The third kappa shape index (κ3) is 4.54. The van der Waals surface area contributed by atoms with Gasteiger partial charge in [0, 0.05) is 19.6 Å². The Balaban J connectivity index is 1.86. The van der Waals surface area contributed by atoms with E-state index in [-0.39, 0.29) is 5.91 Å². The minimum atomic E-state index is -0.941.